The van der Waals surface area contributed by atoms with Crippen LogP contribution in [0.4, 0.5) is 4.79 Å². The van der Waals surface area contributed by atoms with Gasteiger partial charge in [0.15, 0.2) is 0 Å². The van der Waals surface area contributed by atoms with Crippen molar-refractivity contribution in [1.29, 1.82) is 0 Å². The van der Waals surface area contributed by atoms with E-state index in [1.54, 1.807) is 4.90 Å². The Morgan fingerprint density at radius 1 is 1.00 bits per heavy atom. The largest absolute Gasteiger partial charge is 0.444 e. The molecule has 0 unspecified atom stereocenters. The lowest BCUT2D eigenvalue weighted by atomic mass is 9.86. The molecule has 2 amide bonds. The number of rotatable bonds is 3. The summed E-state index contributed by atoms with van der Waals surface area (Å²) in [5, 5.41) is 13.8. The number of aromatic nitrogens is 2. The van der Waals surface area contributed by atoms with Crippen molar-refractivity contribution >= 4 is 17.8 Å². The molecular weight excluding hydrogens is 510 g/mol. The fraction of sp³-hybridized carbons (Fsp3) is 0.759. The highest BCUT2D eigenvalue weighted by atomic mass is 16.6. The van der Waals surface area contributed by atoms with E-state index >= 15 is 0 Å². The number of nitrogens with zero attached hydrogens (tertiary/aromatic N) is 7. The zero-order valence-corrected chi connectivity index (χ0v) is 25.3. The first kappa shape index (κ1) is 30.0. The molecule has 0 spiro atoms. The molecule has 1 aromatic rings. The highest BCUT2D eigenvalue weighted by Gasteiger charge is 2.42. The zero-order chi connectivity index (χ0) is 29.2. The van der Waals surface area contributed by atoms with Crippen LogP contribution in [0, 0.1) is 19.8 Å². The Morgan fingerprint density at radius 2 is 1.60 bits per heavy atom. The summed E-state index contributed by atoms with van der Waals surface area (Å²) in [6, 6.07) is 0.187. The molecule has 0 aromatic carbocycles. The van der Waals surface area contributed by atoms with Crippen LogP contribution in [0.1, 0.15) is 82.0 Å². The highest BCUT2D eigenvalue weighted by Crippen LogP contribution is 2.33. The SMILES string of the molecule is Cc1ncnc(C)c1C(=O)N1CCC(C)(N2CCN(C(=NO)C3CCN(C(=O)OC(C)(C)C)CC3)[C@@H](C)C2)CC1. The second kappa shape index (κ2) is 11.9. The minimum absolute atomic E-state index is 0.00365. The third kappa shape index (κ3) is 6.50. The van der Waals surface area contributed by atoms with Crippen LogP contribution in [0.2, 0.25) is 0 Å². The van der Waals surface area contributed by atoms with Crippen LogP contribution < -0.4 is 0 Å². The lowest BCUT2D eigenvalue weighted by Gasteiger charge is -2.52. The molecule has 222 valence electrons. The van der Waals surface area contributed by atoms with E-state index in [0.717, 1.165) is 62.5 Å². The smallest absolute Gasteiger partial charge is 0.410 e. The lowest BCUT2D eigenvalue weighted by Crippen LogP contribution is -2.63. The van der Waals surface area contributed by atoms with Crippen LogP contribution >= 0.6 is 0 Å². The molecule has 0 aliphatic carbocycles. The maximum Gasteiger partial charge on any atom is 0.410 e. The van der Waals surface area contributed by atoms with Gasteiger partial charge in [0.05, 0.1) is 17.0 Å². The number of amidine groups is 1. The van der Waals surface area contributed by atoms with Crippen LogP contribution in [0.25, 0.3) is 0 Å². The molecule has 3 aliphatic heterocycles. The first-order chi connectivity index (χ1) is 18.8. The molecule has 1 aromatic heterocycles. The minimum Gasteiger partial charge on any atom is -0.444 e. The summed E-state index contributed by atoms with van der Waals surface area (Å²) < 4.78 is 5.53. The number of oxime groups is 1. The molecule has 1 atom stereocenters. The quantitative estimate of drug-likeness (QED) is 0.260. The van der Waals surface area contributed by atoms with Gasteiger partial charge in [-0.15, -0.1) is 0 Å². The van der Waals surface area contributed by atoms with Crippen LogP contribution in [0.3, 0.4) is 0 Å². The molecule has 4 rings (SSSR count). The Bertz CT molecular complexity index is 1080. The molecule has 1 N–H and O–H groups in total. The molecule has 3 saturated heterocycles. The monoisotopic (exact) mass is 557 g/mol. The number of carbonyl (C=O) groups excluding carboxylic acids is 2. The number of amides is 2. The van der Waals surface area contributed by atoms with Gasteiger partial charge in [0.1, 0.15) is 17.8 Å². The van der Waals surface area contributed by atoms with E-state index in [9.17, 15) is 14.8 Å². The van der Waals surface area contributed by atoms with Gasteiger partial charge in [-0.3, -0.25) is 9.69 Å². The van der Waals surface area contributed by atoms with Gasteiger partial charge in [0.2, 0.25) is 0 Å². The van der Waals surface area contributed by atoms with Gasteiger partial charge in [-0.05, 0) is 74.1 Å². The molecule has 4 heterocycles. The van der Waals surface area contributed by atoms with Crippen molar-refractivity contribution in [3.8, 4) is 0 Å². The van der Waals surface area contributed by atoms with E-state index in [1.165, 1.54) is 6.33 Å². The number of ether oxygens (including phenoxy) is 1. The van der Waals surface area contributed by atoms with Crippen molar-refractivity contribution in [3.05, 3.63) is 23.3 Å². The predicted octanol–water partition coefficient (Wildman–Crippen LogP) is 3.53. The molecular formula is C29H47N7O4. The average molecular weight is 558 g/mol. The summed E-state index contributed by atoms with van der Waals surface area (Å²) in [5.74, 6) is 0.867. The molecule has 0 radical (unpaired) electrons. The third-order valence-electron chi connectivity index (χ3n) is 8.87. The molecule has 3 aliphatic rings. The van der Waals surface area contributed by atoms with Gasteiger partial charge >= 0.3 is 6.09 Å². The van der Waals surface area contributed by atoms with Gasteiger partial charge in [-0.1, -0.05) is 5.16 Å². The van der Waals surface area contributed by atoms with E-state index in [2.05, 4.69) is 38.8 Å². The third-order valence-corrected chi connectivity index (χ3v) is 8.87. The molecule has 11 heteroatoms. The number of carbonyl (C=O) groups is 2. The zero-order valence-electron chi connectivity index (χ0n) is 25.3. The minimum atomic E-state index is -0.515. The average Bonchev–Trinajstić information content (AvgIpc) is 2.89. The normalized spacial score (nSPS) is 23.3. The standard InChI is InChI=1S/C29H47N7O4/c1-20-18-35(29(7)10-14-33(15-11-29)26(37)24-21(2)30-19-31-22(24)3)16-17-36(20)25(32-39)23-8-12-34(13-9-23)27(38)40-28(4,5)6/h19-20,23,39H,8-18H2,1-7H3/t20-/m0/s1. The second-order valence-electron chi connectivity index (χ2n) is 12.9. The predicted molar refractivity (Wildman–Crippen MR) is 153 cm³/mol. The molecule has 11 nitrogen and oxygen atoms in total. The van der Waals surface area contributed by atoms with Crippen LogP contribution in [-0.4, -0.2) is 116 Å². The van der Waals surface area contributed by atoms with Crippen molar-refractivity contribution in [3.63, 3.8) is 0 Å². The first-order valence-electron chi connectivity index (χ1n) is 14.6. The van der Waals surface area contributed by atoms with Gasteiger partial charge in [0, 0.05) is 63.3 Å². The van der Waals surface area contributed by atoms with Gasteiger partial charge in [0.25, 0.3) is 5.91 Å². The van der Waals surface area contributed by atoms with E-state index < -0.39 is 5.60 Å². The fourth-order valence-corrected chi connectivity index (χ4v) is 6.38. The summed E-state index contributed by atoms with van der Waals surface area (Å²) in [7, 11) is 0. The summed E-state index contributed by atoms with van der Waals surface area (Å²) in [4.78, 5) is 42.7. The van der Waals surface area contributed by atoms with Crippen LogP contribution in [0.15, 0.2) is 11.5 Å². The lowest BCUT2D eigenvalue weighted by molar-refractivity contribution is -0.00337. The van der Waals surface area contributed by atoms with Crippen molar-refractivity contribution < 1.29 is 19.5 Å². The molecule has 40 heavy (non-hydrogen) atoms. The van der Waals surface area contributed by atoms with Gasteiger partial charge in [-0.2, -0.15) is 0 Å². The summed E-state index contributed by atoms with van der Waals surface area (Å²) in [6.45, 7) is 19.0. The highest BCUT2D eigenvalue weighted by molar-refractivity contribution is 5.96. The Hall–Kier alpha value is -2.95. The summed E-state index contributed by atoms with van der Waals surface area (Å²) >= 11 is 0. The van der Waals surface area contributed by atoms with Crippen LogP contribution in [0.5, 0.6) is 0 Å². The van der Waals surface area contributed by atoms with Gasteiger partial charge in [-0.25, -0.2) is 14.8 Å². The van der Waals surface area contributed by atoms with Crippen LogP contribution in [-0.2, 0) is 4.74 Å². The van der Waals surface area contributed by atoms with Crippen molar-refractivity contribution in [2.75, 3.05) is 45.8 Å². The molecule has 0 bridgehead atoms. The number of aryl methyl sites for hydroxylation is 2. The number of piperidine rings is 2. The van der Waals surface area contributed by atoms with Crippen molar-refractivity contribution in [2.24, 2.45) is 11.1 Å². The van der Waals surface area contributed by atoms with E-state index in [0.29, 0.717) is 31.7 Å². The topological polar surface area (TPSA) is 115 Å². The Morgan fingerprint density at radius 3 is 2.12 bits per heavy atom. The fourth-order valence-electron chi connectivity index (χ4n) is 6.38. The number of hydrogen-bond donors (Lipinski definition) is 1. The van der Waals surface area contributed by atoms with Gasteiger partial charge < -0.3 is 24.6 Å². The summed E-state index contributed by atoms with van der Waals surface area (Å²) in [5.41, 5.74) is 1.57. The van der Waals surface area contributed by atoms with E-state index in [-0.39, 0.29) is 29.5 Å². The molecule has 0 saturated carbocycles. The maximum atomic E-state index is 13.3. The number of likely N-dealkylation sites (tertiary alicyclic amines) is 2. The Balaban J connectivity index is 1.31. The molecule has 3 fully saturated rings. The summed E-state index contributed by atoms with van der Waals surface area (Å²) in [6.07, 6.45) is 4.54. The van der Waals surface area contributed by atoms with E-state index in [1.807, 2.05) is 39.5 Å². The van der Waals surface area contributed by atoms with Crippen molar-refractivity contribution in [2.45, 2.75) is 91.3 Å². The van der Waals surface area contributed by atoms with E-state index in [4.69, 9.17) is 4.74 Å². The number of piperazine rings is 1. The Labute approximate surface area is 238 Å². The second-order valence-corrected chi connectivity index (χ2v) is 12.9. The first-order valence-corrected chi connectivity index (χ1v) is 14.6. The van der Waals surface area contributed by atoms with Crippen molar-refractivity contribution in [1.82, 2.24) is 29.6 Å². The number of hydrogen-bond acceptors (Lipinski definition) is 8. The maximum absolute atomic E-state index is 13.3. The Kier molecular flexibility index (Phi) is 8.92.